The first-order valence-corrected chi connectivity index (χ1v) is 11.5. The quantitative estimate of drug-likeness (QED) is 0.723. The molecule has 0 spiro atoms. The number of amides is 1. The van der Waals surface area contributed by atoms with E-state index in [4.69, 9.17) is 4.84 Å². The van der Waals surface area contributed by atoms with Crippen LogP contribution in [0.2, 0.25) is 0 Å². The lowest BCUT2D eigenvalue weighted by atomic mass is 9.75. The first kappa shape index (κ1) is 19.3. The Balaban J connectivity index is 1.47. The van der Waals surface area contributed by atoms with Crippen molar-refractivity contribution < 1.29 is 18.0 Å². The minimum atomic E-state index is -3.41. The fourth-order valence-electron chi connectivity index (χ4n) is 4.55. The number of fused-ring (bicyclic) bond motifs is 1. The van der Waals surface area contributed by atoms with Crippen LogP contribution in [-0.2, 0) is 19.7 Å². The molecule has 0 aromatic carbocycles. The fraction of sp³-hybridized carbons (Fsp3) is 0.889. The largest absolute Gasteiger partial charge is 0.296 e. The number of rotatable bonds is 5. The van der Waals surface area contributed by atoms with Crippen molar-refractivity contribution in [1.29, 1.82) is 0 Å². The average molecular weight is 399 g/mol. The molecule has 9 heteroatoms. The van der Waals surface area contributed by atoms with Crippen LogP contribution < -0.4 is 10.2 Å². The lowest BCUT2D eigenvalue weighted by molar-refractivity contribution is -0.141. The predicted molar refractivity (Wildman–Crippen MR) is 101 cm³/mol. The van der Waals surface area contributed by atoms with Crippen LogP contribution in [0, 0.1) is 11.8 Å². The zero-order valence-corrected chi connectivity index (χ0v) is 17.1. The molecule has 152 valence electrons. The normalized spacial score (nSPS) is 38.5. The third-order valence-electron chi connectivity index (χ3n) is 6.45. The van der Waals surface area contributed by atoms with Crippen LogP contribution in [0.25, 0.3) is 0 Å². The van der Waals surface area contributed by atoms with E-state index in [9.17, 15) is 13.2 Å². The summed E-state index contributed by atoms with van der Waals surface area (Å²) >= 11 is 0. The number of hydroxylamine groups is 1. The molecule has 1 amide bonds. The van der Waals surface area contributed by atoms with Gasteiger partial charge in [-0.25, -0.2) is 18.1 Å². The summed E-state index contributed by atoms with van der Waals surface area (Å²) in [7, 11) is -3.41. The van der Waals surface area contributed by atoms with E-state index >= 15 is 0 Å². The molecule has 27 heavy (non-hydrogen) atoms. The Morgan fingerprint density at radius 1 is 1.30 bits per heavy atom. The Morgan fingerprint density at radius 2 is 2.04 bits per heavy atom. The summed E-state index contributed by atoms with van der Waals surface area (Å²) in [6.07, 6.45) is 4.16. The average Bonchev–Trinajstić information content (AvgIpc) is 3.17. The van der Waals surface area contributed by atoms with Crippen LogP contribution in [0.3, 0.4) is 0 Å². The van der Waals surface area contributed by atoms with E-state index in [1.54, 1.807) is 0 Å². The van der Waals surface area contributed by atoms with Gasteiger partial charge in [0.05, 0.1) is 11.8 Å². The van der Waals surface area contributed by atoms with Gasteiger partial charge in [-0.05, 0) is 59.3 Å². The van der Waals surface area contributed by atoms with Crippen molar-refractivity contribution in [1.82, 2.24) is 15.2 Å². The molecule has 2 aliphatic carbocycles. The van der Waals surface area contributed by atoms with Gasteiger partial charge in [-0.1, -0.05) is 0 Å². The smallest absolute Gasteiger partial charge is 0.246 e. The van der Waals surface area contributed by atoms with Gasteiger partial charge in [0.25, 0.3) is 0 Å². The molecule has 4 rings (SSSR count). The van der Waals surface area contributed by atoms with Crippen LogP contribution >= 0.6 is 0 Å². The van der Waals surface area contributed by atoms with Gasteiger partial charge in [0.2, 0.25) is 15.9 Å². The van der Waals surface area contributed by atoms with Gasteiger partial charge in [0.1, 0.15) is 6.10 Å². The van der Waals surface area contributed by atoms with E-state index in [2.05, 4.69) is 15.3 Å². The SMILES string of the molecule is CC1=NN(CC2CC(C)NO2)C(=O)C2CC(S(=O)(=O)NC3(C)CC3)CCC12. The Hall–Kier alpha value is -1.03. The Kier molecular flexibility index (Phi) is 4.85. The molecule has 4 aliphatic rings. The van der Waals surface area contributed by atoms with E-state index in [-0.39, 0.29) is 35.4 Å². The maximum absolute atomic E-state index is 13.1. The molecule has 8 nitrogen and oxygen atoms in total. The fourth-order valence-corrected chi connectivity index (χ4v) is 6.51. The minimum Gasteiger partial charge on any atom is -0.296 e. The summed E-state index contributed by atoms with van der Waals surface area (Å²) < 4.78 is 28.5. The maximum Gasteiger partial charge on any atom is 0.246 e. The molecule has 5 unspecified atom stereocenters. The van der Waals surface area contributed by atoms with Gasteiger partial charge in [0, 0.05) is 29.1 Å². The van der Waals surface area contributed by atoms with Gasteiger partial charge in [0.15, 0.2) is 0 Å². The summed E-state index contributed by atoms with van der Waals surface area (Å²) in [6, 6.07) is 0.256. The van der Waals surface area contributed by atoms with Crippen molar-refractivity contribution >= 4 is 21.6 Å². The van der Waals surface area contributed by atoms with Crippen molar-refractivity contribution in [2.75, 3.05) is 6.54 Å². The Bertz CT molecular complexity index is 748. The van der Waals surface area contributed by atoms with Crippen molar-refractivity contribution in [3.8, 4) is 0 Å². The number of hydrogen-bond acceptors (Lipinski definition) is 6. The molecule has 2 aliphatic heterocycles. The molecular formula is C18H30N4O4S. The molecule has 0 aromatic rings. The molecule has 1 saturated heterocycles. The van der Waals surface area contributed by atoms with Gasteiger partial charge in [-0.2, -0.15) is 10.6 Å². The number of carbonyl (C=O) groups excluding carboxylic acids is 1. The highest BCUT2D eigenvalue weighted by atomic mass is 32.2. The van der Waals surface area contributed by atoms with E-state index in [0.29, 0.717) is 25.8 Å². The van der Waals surface area contributed by atoms with Gasteiger partial charge in [-0.15, -0.1) is 0 Å². The highest BCUT2D eigenvalue weighted by Crippen LogP contribution is 2.40. The van der Waals surface area contributed by atoms with Crippen molar-refractivity contribution in [3.05, 3.63) is 0 Å². The lowest BCUT2D eigenvalue weighted by Crippen LogP contribution is -2.52. The predicted octanol–water partition coefficient (Wildman–Crippen LogP) is 1.14. The van der Waals surface area contributed by atoms with Crippen molar-refractivity contribution in [2.24, 2.45) is 16.9 Å². The van der Waals surface area contributed by atoms with Crippen LogP contribution in [0.15, 0.2) is 5.10 Å². The maximum atomic E-state index is 13.1. The molecule has 0 bridgehead atoms. The second-order valence-corrected chi connectivity index (χ2v) is 11.0. The van der Waals surface area contributed by atoms with Crippen LogP contribution in [0.5, 0.6) is 0 Å². The van der Waals surface area contributed by atoms with Crippen molar-refractivity contribution in [2.45, 2.75) is 82.2 Å². The van der Waals surface area contributed by atoms with Crippen LogP contribution in [0.1, 0.15) is 59.3 Å². The summed E-state index contributed by atoms with van der Waals surface area (Å²) in [5.41, 5.74) is 3.57. The molecular weight excluding hydrogens is 368 g/mol. The zero-order valence-electron chi connectivity index (χ0n) is 16.3. The molecule has 5 atom stereocenters. The highest BCUT2D eigenvalue weighted by Gasteiger charge is 2.48. The van der Waals surface area contributed by atoms with Crippen LogP contribution in [0.4, 0.5) is 0 Å². The summed E-state index contributed by atoms with van der Waals surface area (Å²) in [4.78, 5) is 18.6. The third kappa shape index (κ3) is 3.92. The number of hydrogen-bond donors (Lipinski definition) is 2. The van der Waals surface area contributed by atoms with Gasteiger partial charge >= 0.3 is 0 Å². The second-order valence-electron chi connectivity index (χ2n) is 9.01. The monoisotopic (exact) mass is 398 g/mol. The first-order valence-electron chi connectivity index (χ1n) is 9.97. The van der Waals surface area contributed by atoms with Gasteiger partial charge in [-0.3, -0.25) is 9.63 Å². The number of carbonyl (C=O) groups is 1. The standard InChI is InChI=1S/C18H30N4O4S/c1-11-8-13(26-20-11)10-22-17(23)16-9-14(4-5-15(16)12(2)19-22)27(24,25)21-18(3)6-7-18/h11,13-16,20-21H,4-10H2,1-3H3. The number of sulfonamides is 1. The summed E-state index contributed by atoms with van der Waals surface area (Å²) in [5, 5.41) is 5.52. The lowest BCUT2D eigenvalue weighted by Gasteiger charge is -2.40. The van der Waals surface area contributed by atoms with Crippen molar-refractivity contribution in [3.63, 3.8) is 0 Å². The van der Waals surface area contributed by atoms with E-state index in [1.807, 2.05) is 20.8 Å². The molecule has 0 aromatic heterocycles. The van der Waals surface area contributed by atoms with E-state index in [1.165, 1.54) is 5.01 Å². The number of hydrazone groups is 1. The summed E-state index contributed by atoms with van der Waals surface area (Å²) in [5.74, 6) is -0.318. The van der Waals surface area contributed by atoms with E-state index in [0.717, 1.165) is 25.0 Å². The highest BCUT2D eigenvalue weighted by molar-refractivity contribution is 7.90. The van der Waals surface area contributed by atoms with Crippen LogP contribution in [-0.4, -0.2) is 54.5 Å². The summed E-state index contributed by atoms with van der Waals surface area (Å²) in [6.45, 7) is 6.33. The van der Waals surface area contributed by atoms with E-state index < -0.39 is 15.3 Å². The molecule has 2 N–H and O–H groups in total. The topological polar surface area (TPSA) is 100 Å². The minimum absolute atomic E-state index is 0.0539. The first-order chi connectivity index (χ1) is 12.7. The zero-order chi connectivity index (χ0) is 19.4. The molecule has 2 heterocycles. The number of nitrogens with zero attached hydrogens (tertiary/aromatic N) is 2. The molecule has 2 saturated carbocycles. The molecule has 3 fully saturated rings. The third-order valence-corrected chi connectivity index (χ3v) is 8.53. The van der Waals surface area contributed by atoms with Gasteiger partial charge < -0.3 is 0 Å². The Morgan fingerprint density at radius 3 is 2.67 bits per heavy atom. The number of nitrogens with one attached hydrogen (secondary N) is 2. The Labute approximate surface area is 161 Å². The second kappa shape index (κ2) is 6.79. The molecule has 0 radical (unpaired) electrons.